The summed E-state index contributed by atoms with van der Waals surface area (Å²) < 4.78 is 0. The predicted molar refractivity (Wildman–Crippen MR) is 52.2 cm³/mol. The van der Waals surface area contributed by atoms with Gasteiger partial charge in [-0.3, -0.25) is 9.69 Å². The lowest BCUT2D eigenvalue weighted by molar-refractivity contribution is -0.124. The molecule has 12 heavy (non-hydrogen) atoms. The fourth-order valence-corrected chi connectivity index (χ4v) is 2.14. The predicted octanol–water partition coefficient (Wildman–Crippen LogP) is 0.721. The minimum Gasteiger partial charge on any atom is -0.368 e. The van der Waals surface area contributed by atoms with Crippen molar-refractivity contribution < 1.29 is 4.79 Å². The van der Waals surface area contributed by atoms with Gasteiger partial charge in [-0.15, -0.1) is 0 Å². The van der Waals surface area contributed by atoms with E-state index in [1.165, 1.54) is 6.42 Å². The summed E-state index contributed by atoms with van der Waals surface area (Å²) in [7, 11) is 0. The van der Waals surface area contributed by atoms with Crippen molar-refractivity contribution in [2.24, 2.45) is 5.73 Å². The van der Waals surface area contributed by atoms with Gasteiger partial charge < -0.3 is 5.73 Å². The highest BCUT2D eigenvalue weighted by Crippen LogP contribution is 2.16. The van der Waals surface area contributed by atoms with Gasteiger partial charge >= 0.3 is 0 Å². The van der Waals surface area contributed by atoms with Gasteiger partial charge in [0.25, 0.3) is 0 Å². The van der Waals surface area contributed by atoms with Crippen LogP contribution in [0, 0.1) is 0 Å². The molecule has 1 aliphatic heterocycles. The van der Waals surface area contributed by atoms with E-state index in [1.54, 1.807) is 0 Å². The summed E-state index contributed by atoms with van der Waals surface area (Å²) in [5.41, 5.74) is 5.29. The zero-order valence-electron chi connectivity index (χ0n) is 7.13. The second-order valence-corrected chi connectivity index (χ2v) is 3.93. The van der Waals surface area contributed by atoms with E-state index in [4.69, 9.17) is 5.73 Å². The van der Waals surface area contributed by atoms with Crippen LogP contribution in [-0.2, 0) is 4.79 Å². The summed E-state index contributed by atoms with van der Waals surface area (Å²) in [5, 5.41) is 0.913. The average molecular weight is 235 g/mol. The van der Waals surface area contributed by atoms with Crippen LogP contribution >= 0.6 is 15.9 Å². The van der Waals surface area contributed by atoms with E-state index in [0.29, 0.717) is 0 Å². The number of primary amides is 1. The van der Waals surface area contributed by atoms with Gasteiger partial charge in [-0.25, -0.2) is 0 Å². The number of hydrogen-bond donors (Lipinski definition) is 1. The summed E-state index contributed by atoms with van der Waals surface area (Å²) in [6.45, 7) is 1.94. The van der Waals surface area contributed by atoms with Gasteiger partial charge in [-0.1, -0.05) is 22.4 Å². The summed E-state index contributed by atoms with van der Waals surface area (Å²) in [5.74, 6) is -0.171. The van der Waals surface area contributed by atoms with E-state index in [0.717, 1.165) is 31.3 Å². The van der Waals surface area contributed by atoms with Crippen molar-refractivity contribution in [1.29, 1.82) is 0 Å². The van der Waals surface area contributed by atoms with Crippen LogP contribution < -0.4 is 5.73 Å². The minimum atomic E-state index is -0.171. The maximum atomic E-state index is 11.0. The van der Waals surface area contributed by atoms with Crippen molar-refractivity contribution in [1.82, 2.24) is 4.90 Å². The lowest BCUT2D eigenvalue weighted by atomic mass is 10.0. The highest BCUT2D eigenvalue weighted by Gasteiger charge is 2.25. The van der Waals surface area contributed by atoms with Crippen molar-refractivity contribution >= 4 is 21.8 Å². The molecule has 1 amide bonds. The molecule has 1 rings (SSSR count). The highest BCUT2D eigenvalue weighted by molar-refractivity contribution is 9.09. The number of nitrogens with zero attached hydrogens (tertiary/aromatic N) is 1. The Hall–Kier alpha value is -0.0900. The molecule has 0 bridgehead atoms. The normalized spacial score (nSPS) is 25.6. The molecule has 1 fully saturated rings. The Labute approximate surface area is 81.4 Å². The first-order valence-corrected chi connectivity index (χ1v) is 5.47. The Balaban J connectivity index is 2.48. The van der Waals surface area contributed by atoms with Crippen molar-refractivity contribution in [3.8, 4) is 0 Å². The second kappa shape index (κ2) is 4.82. The van der Waals surface area contributed by atoms with Crippen LogP contribution in [0.3, 0.4) is 0 Å². The van der Waals surface area contributed by atoms with E-state index in [-0.39, 0.29) is 11.9 Å². The topological polar surface area (TPSA) is 46.3 Å². The minimum absolute atomic E-state index is 0.0173. The lowest BCUT2D eigenvalue weighted by Crippen LogP contribution is -2.48. The third-order valence-electron chi connectivity index (χ3n) is 2.31. The molecule has 0 saturated carbocycles. The van der Waals surface area contributed by atoms with Gasteiger partial charge in [-0.2, -0.15) is 0 Å². The number of rotatable bonds is 3. The van der Waals surface area contributed by atoms with Crippen molar-refractivity contribution in [3.63, 3.8) is 0 Å². The second-order valence-electron chi connectivity index (χ2n) is 3.14. The summed E-state index contributed by atoms with van der Waals surface area (Å²) in [4.78, 5) is 13.2. The molecule has 1 aliphatic rings. The largest absolute Gasteiger partial charge is 0.368 e. The first-order chi connectivity index (χ1) is 5.75. The smallest absolute Gasteiger partial charge is 0.234 e. The molecule has 1 heterocycles. The average Bonchev–Trinajstić information content (AvgIpc) is 2.05. The summed E-state index contributed by atoms with van der Waals surface area (Å²) in [6, 6.07) is -0.0173. The zero-order valence-corrected chi connectivity index (χ0v) is 8.72. The molecule has 70 valence electrons. The first-order valence-electron chi connectivity index (χ1n) is 4.35. The Morgan fingerprint density at radius 1 is 1.58 bits per heavy atom. The van der Waals surface area contributed by atoms with Gasteiger partial charge in [0.15, 0.2) is 0 Å². The Morgan fingerprint density at radius 3 is 2.92 bits per heavy atom. The van der Waals surface area contributed by atoms with Crippen molar-refractivity contribution in [2.45, 2.75) is 25.3 Å². The number of amides is 1. The van der Waals surface area contributed by atoms with Gasteiger partial charge in [0.2, 0.25) is 5.91 Å². The summed E-state index contributed by atoms with van der Waals surface area (Å²) >= 11 is 3.37. The fraction of sp³-hybridized carbons (Fsp3) is 0.875. The van der Waals surface area contributed by atoms with Crippen LogP contribution in [-0.4, -0.2) is 35.3 Å². The quantitative estimate of drug-likeness (QED) is 0.732. The van der Waals surface area contributed by atoms with Crippen LogP contribution in [0.5, 0.6) is 0 Å². The Kier molecular flexibility index (Phi) is 4.01. The third-order valence-corrected chi connectivity index (χ3v) is 2.67. The van der Waals surface area contributed by atoms with Crippen LogP contribution in [0.15, 0.2) is 0 Å². The molecule has 1 atom stereocenters. The van der Waals surface area contributed by atoms with Gasteiger partial charge in [0.05, 0.1) is 6.04 Å². The summed E-state index contributed by atoms with van der Waals surface area (Å²) in [6.07, 6.45) is 3.26. The van der Waals surface area contributed by atoms with Gasteiger partial charge in [-0.05, 0) is 19.4 Å². The molecule has 3 nitrogen and oxygen atoms in total. The SMILES string of the molecule is NC(=O)C1CCCCN1CCBr. The number of halogens is 1. The van der Waals surface area contributed by atoms with Gasteiger partial charge in [0.1, 0.15) is 0 Å². The zero-order chi connectivity index (χ0) is 8.97. The number of nitrogens with two attached hydrogens (primary N) is 1. The standard InChI is InChI=1S/C8H15BrN2O/c9-4-6-11-5-2-1-3-7(11)8(10)12/h7H,1-6H2,(H2,10,12). The third kappa shape index (κ3) is 2.45. The van der Waals surface area contributed by atoms with Crippen molar-refractivity contribution in [3.05, 3.63) is 0 Å². The molecule has 1 saturated heterocycles. The van der Waals surface area contributed by atoms with E-state index in [9.17, 15) is 4.79 Å². The number of piperidine rings is 1. The number of likely N-dealkylation sites (tertiary alicyclic amines) is 1. The number of carbonyl (C=O) groups is 1. The molecule has 0 aromatic heterocycles. The molecular weight excluding hydrogens is 220 g/mol. The van der Waals surface area contributed by atoms with Crippen molar-refractivity contribution in [2.75, 3.05) is 18.4 Å². The molecular formula is C8H15BrN2O. The van der Waals surface area contributed by atoms with Crippen LogP contribution in [0.25, 0.3) is 0 Å². The van der Waals surface area contributed by atoms with E-state index in [2.05, 4.69) is 20.8 Å². The molecule has 0 aromatic carbocycles. The maximum absolute atomic E-state index is 11.0. The number of carbonyl (C=O) groups excluding carboxylic acids is 1. The maximum Gasteiger partial charge on any atom is 0.234 e. The molecule has 2 N–H and O–H groups in total. The van der Waals surface area contributed by atoms with Gasteiger partial charge in [0, 0.05) is 11.9 Å². The van der Waals surface area contributed by atoms with E-state index < -0.39 is 0 Å². The number of hydrogen-bond acceptors (Lipinski definition) is 2. The molecule has 0 spiro atoms. The molecule has 4 heteroatoms. The van der Waals surface area contributed by atoms with E-state index >= 15 is 0 Å². The van der Waals surface area contributed by atoms with Crippen LogP contribution in [0.1, 0.15) is 19.3 Å². The van der Waals surface area contributed by atoms with Crippen LogP contribution in [0.2, 0.25) is 0 Å². The highest BCUT2D eigenvalue weighted by atomic mass is 79.9. The Morgan fingerprint density at radius 2 is 2.33 bits per heavy atom. The number of alkyl halides is 1. The fourth-order valence-electron chi connectivity index (χ4n) is 1.69. The monoisotopic (exact) mass is 234 g/mol. The van der Waals surface area contributed by atoms with E-state index in [1.807, 2.05) is 0 Å². The Bertz CT molecular complexity index is 161. The molecule has 0 aromatic rings. The van der Waals surface area contributed by atoms with Crippen LogP contribution in [0.4, 0.5) is 0 Å². The lowest BCUT2D eigenvalue weighted by Gasteiger charge is -2.32. The first kappa shape index (κ1) is 9.99. The molecule has 1 unspecified atom stereocenters. The molecule has 0 radical (unpaired) electrons. The molecule has 0 aliphatic carbocycles.